The van der Waals surface area contributed by atoms with E-state index in [-0.39, 0.29) is 11.6 Å². The van der Waals surface area contributed by atoms with Crippen molar-refractivity contribution < 1.29 is 9.72 Å². The number of anilines is 1. The van der Waals surface area contributed by atoms with Gasteiger partial charge < -0.3 is 16.4 Å². The molecule has 0 bridgehead atoms. The largest absolute Gasteiger partial charge is 0.378 e. The van der Waals surface area contributed by atoms with Crippen LogP contribution >= 0.6 is 0 Å². The smallest absolute Gasteiger partial charge is 0.292 e. The van der Waals surface area contributed by atoms with E-state index < -0.39 is 4.92 Å². The van der Waals surface area contributed by atoms with E-state index in [0.717, 1.165) is 0 Å². The van der Waals surface area contributed by atoms with Gasteiger partial charge in [0.2, 0.25) is 0 Å². The number of hydrogen-bond acceptors (Lipinski definition) is 5. The molecule has 0 aliphatic rings. The van der Waals surface area contributed by atoms with Gasteiger partial charge in [-0.1, -0.05) is 0 Å². The van der Waals surface area contributed by atoms with Gasteiger partial charge in [0.25, 0.3) is 11.6 Å². The van der Waals surface area contributed by atoms with Gasteiger partial charge in [0.15, 0.2) is 0 Å². The molecule has 0 heterocycles. The first-order valence-electron chi connectivity index (χ1n) is 5.60. The number of carbonyl (C=O) groups is 1. The Labute approximate surface area is 105 Å². The minimum atomic E-state index is -0.500. The number of carbonyl (C=O) groups excluding carboxylic acids is 1. The Morgan fingerprint density at radius 2 is 2.22 bits per heavy atom. The second-order valence-electron chi connectivity index (χ2n) is 3.56. The predicted octanol–water partition coefficient (Wildman–Crippen LogP) is 0.715. The molecule has 0 aliphatic carbocycles. The number of nitrogens with one attached hydrogen (secondary N) is 2. The van der Waals surface area contributed by atoms with Crippen LogP contribution in [0, 0.1) is 10.1 Å². The van der Waals surface area contributed by atoms with Crippen molar-refractivity contribution >= 4 is 17.3 Å². The van der Waals surface area contributed by atoms with Crippen LogP contribution < -0.4 is 16.4 Å². The molecular formula is C11H16N4O3. The highest BCUT2D eigenvalue weighted by atomic mass is 16.6. The molecule has 18 heavy (non-hydrogen) atoms. The average molecular weight is 252 g/mol. The van der Waals surface area contributed by atoms with Crippen molar-refractivity contribution in [3.05, 3.63) is 33.9 Å². The number of rotatable bonds is 6. The molecule has 0 saturated carbocycles. The summed E-state index contributed by atoms with van der Waals surface area (Å²) in [7, 11) is 0. The number of nitrogens with zero attached hydrogens (tertiary/aromatic N) is 1. The highest BCUT2D eigenvalue weighted by Crippen LogP contribution is 2.25. The summed E-state index contributed by atoms with van der Waals surface area (Å²) in [6.45, 7) is 3.06. The average Bonchev–Trinajstić information content (AvgIpc) is 2.36. The Kier molecular flexibility index (Phi) is 5.06. The van der Waals surface area contributed by atoms with Gasteiger partial charge in [-0.25, -0.2) is 0 Å². The summed E-state index contributed by atoms with van der Waals surface area (Å²) in [4.78, 5) is 21.9. The molecule has 0 spiro atoms. The highest BCUT2D eigenvalue weighted by molar-refractivity contribution is 5.95. The Balaban J connectivity index is 3.04. The minimum Gasteiger partial charge on any atom is -0.378 e. The van der Waals surface area contributed by atoms with Crippen LogP contribution in [0.4, 0.5) is 11.4 Å². The summed E-state index contributed by atoms with van der Waals surface area (Å²) in [5, 5.41) is 16.3. The molecule has 0 radical (unpaired) electrons. The van der Waals surface area contributed by atoms with Gasteiger partial charge in [-0.05, 0) is 19.1 Å². The highest BCUT2D eigenvalue weighted by Gasteiger charge is 2.16. The number of nitrogens with two attached hydrogens (primary N) is 1. The van der Waals surface area contributed by atoms with Crippen LogP contribution in [-0.2, 0) is 0 Å². The Hall–Kier alpha value is -2.15. The molecule has 1 amide bonds. The Morgan fingerprint density at radius 1 is 1.50 bits per heavy atom. The van der Waals surface area contributed by atoms with Crippen molar-refractivity contribution in [3.8, 4) is 0 Å². The number of nitro groups is 1. The monoisotopic (exact) mass is 252 g/mol. The van der Waals surface area contributed by atoms with Crippen LogP contribution in [0.2, 0.25) is 0 Å². The molecule has 1 aromatic carbocycles. The van der Waals surface area contributed by atoms with E-state index in [9.17, 15) is 14.9 Å². The number of hydrogen-bond donors (Lipinski definition) is 3. The number of benzene rings is 1. The summed E-state index contributed by atoms with van der Waals surface area (Å²) in [6, 6.07) is 4.19. The van der Waals surface area contributed by atoms with Crippen LogP contribution in [-0.4, -0.2) is 30.5 Å². The van der Waals surface area contributed by atoms with E-state index in [0.29, 0.717) is 30.9 Å². The van der Waals surface area contributed by atoms with Gasteiger partial charge in [0.05, 0.1) is 4.92 Å². The summed E-state index contributed by atoms with van der Waals surface area (Å²) in [5.74, 6) is -0.261. The molecular weight excluding hydrogens is 236 g/mol. The molecule has 0 saturated heterocycles. The summed E-state index contributed by atoms with van der Waals surface area (Å²) < 4.78 is 0. The maximum absolute atomic E-state index is 11.6. The molecule has 1 rings (SSSR count). The van der Waals surface area contributed by atoms with Gasteiger partial charge in [0.1, 0.15) is 5.69 Å². The zero-order valence-electron chi connectivity index (χ0n) is 10.1. The summed E-state index contributed by atoms with van der Waals surface area (Å²) in [5.41, 5.74) is 5.94. The lowest BCUT2D eigenvalue weighted by molar-refractivity contribution is -0.384. The molecule has 98 valence electrons. The third-order valence-corrected chi connectivity index (χ3v) is 2.25. The minimum absolute atomic E-state index is 0.0727. The van der Waals surface area contributed by atoms with E-state index in [1.165, 1.54) is 18.2 Å². The fourth-order valence-electron chi connectivity index (χ4n) is 1.45. The fourth-order valence-corrected chi connectivity index (χ4v) is 1.45. The SMILES string of the molecule is CCNC(=O)c1ccc([N+](=O)[O-])c(NCCN)c1. The van der Waals surface area contributed by atoms with Crippen molar-refractivity contribution in [3.63, 3.8) is 0 Å². The molecule has 0 aromatic heterocycles. The lowest BCUT2D eigenvalue weighted by Crippen LogP contribution is -2.23. The normalized spacial score (nSPS) is 9.89. The second-order valence-corrected chi connectivity index (χ2v) is 3.56. The maximum Gasteiger partial charge on any atom is 0.292 e. The number of amides is 1. The quantitative estimate of drug-likeness (QED) is 0.510. The third kappa shape index (κ3) is 3.42. The first kappa shape index (κ1) is 13.9. The van der Waals surface area contributed by atoms with Crippen LogP contribution in [0.25, 0.3) is 0 Å². The molecule has 1 aromatic rings. The van der Waals surface area contributed by atoms with Gasteiger partial charge in [-0.2, -0.15) is 0 Å². The second kappa shape index (κ2) is 6.55. The third-order valence-electron chi connectivity index (χ3n) is 2.25. The van der Waals surface area contributed by atoms with Gasteiger partial charge in [0, 0.05) is 31.3 Å². The van der Waals surface area contributed by atoms with Crippen molar-refractivity contribution in [1.82, 2.24) is 5.32 Å². The van der Waals surface area contributed by atoms with E-state index in [1.54, 1.807) is 6.92 Å². The van der Waals surface area contributed by atoms with E-state index in [2.05, 4.69) is 10.6 Å². The lowest BCUT2D eigenvalue weighted by atomic mass is 10.1. The van der Waals surface area contributed by atoms with Crippen molar-refractivity contribution in [2.24, 2.45) is 5.73 Å². The predicted molar refractivity (Wildman–Crippen MR) is 68.6 cm³/mol. The zero-order valence-corrected chi connectivity index (χ0v) is 10.1. The van der Waals surface area contributed by atoms with Crippen molar-refractivity contribution in [2.45, 2.75) is 6.92 Å². The summed E-state index contributed by atoms with van der Waals surface area (Å²) in [6.07, 6.45) is 0. The Bertz CT molecular complexity index is 448. The first-order valence-corrected chi connectivity index (χ1v) is 5.60. The lowest BCUT2D eigenvalue weighted by Gasteiger charge is -2.08. The first-order chi connectivity index (χ1) is 8.60. The van der Waals surface area contributed by atoms with Crippen molar-refractivity contribution in [2.75, 3.05) is 25.0 Å². The van der Waals surface area contributed by atoms with Crippen LogP contribution in [0.3, 0.4) is 0 Å². The molecule has 0 fully saturated rings. The summed E-state index contributed by atoms with van der Waals surface area (Å²) >= 11 is 0. The molecule has 4 N–H and O–H groups in total. The zero-order chi connectivity index (χ0) is 13.5. The van der Waals surface area contributed by atoms with Crippen LogP contribution in [0.15, 0.2) is 18.2 Å². The van der Waals surface area contributed by atoms with E-state index in [4.69, 9.17) is 5.73 Å². The van der Waals surface area contributed by atoms with Crippen LogP contribution in [0.1, 0.15) is 17.3 Å². The van der Waals surface area contributed by atoms with Gasteiger partial charge in [-0.15, -0.1) is 0 Å². The fraction of sp³-hybridized carbons (Fsp3) is 0.364. The van der Waals surface area contributed by atoms with Gasteiger partial charge >= 0.3 is 0 Å². The standard InChI is InChI=1S/C11H16N4O3/c1-2-13-11(16)8-3-4-10(15(17)18)9(7-8)14-6-5-12/h3-4,7,14H,2,5-6,12H2,1H3,(H,13,16). The molecule has 0 unspecified atom stereocenters. The Morgan fingerprint density at radius 3 is 2.78 bits per heavy atom. The topological polar surface area (TPSA) is 110 Å². The van der Waals surface area contributed by atoms with E-state index in [1.807, 2.05) is 0 Å². The van der Waals surface area contributed by atoms with Crippen molar-refractivity contribution in [1.29, 1.82) is 0 Å². The van der Waals surface area contributed by atoms with Crippen LogP contribution in [0.5, 0.6) is 0 Å². The van der Waals surface area contributed by atoms with Gasteiger partial charge in [-0.3, -0.25) is 14.9 Å². The van der Waals surface area contributed by atoms with E-state index >= 15 is 0 Å². The molecule has 7 nitrogen and oxygen atoms in total. The maximum atomic E-state index is 11.6. The molecule has 7 heteroatoms. The molecule has 0 aliphatic heterocycles. The number of nitro benzene ring substituents is 1. The molecule has 0 atom stereocenters.